The summed E-state index contributed by atoms with van der Waals surface area (Å²) in [6.07, 6.45) is 0. The Hall–Kier alpha value is -1.14. The fourth-order valence-corrected chi connectivity index (χ4v) is 2.60. The molecule has 98 valence electrons. The highest BCUT2D eigenvalue weighted by Gasteiger charge is 2.25. The van der Waals surface area contributed by atoms with E-state index in [4.69, 9.17) is 5.26 Å². The first-order chi connectivity index (χ1) is 8.40. The molecule has 1 unspecified atom stereocenters. The van der Waals surface area contributed by atoms with Gasteiger partial charge in [-0.25, -0.2) is 0 Å². The van der Waals surface area contributed by atoms with E-state index in [9.17, 15) is 0 Å². The fourth-order valence-electron chi connectivity index (χ4n) is 1.94. The highest BCUT2D eigenvalue weighted by Crippen LogP contribution is 2.29. The van der Waals surface area contributed by atoms with E-state index < -0.39 is 0 Å². The lowest BCUT2D eigenvalue weighted by atomic mass is 9.81. The minimum Gasteiger partial charge on any atom is -0.373 e. The van der Waals surface area contributed by atoms with Crippen LogP contribution in [-0.2, 0) is 0 Å². The molecule has 0 radical (unpaired) electrons. The predicted octanol–water partition coefficient (Wildman–Crippen LogP) is 3.59. The second-order valence-corrected chi connectivity index (χ2v) is 6.12. The van der Waals surface area contributed by atoms with Crippen LogP contribution >= 0.6 is 12.6 Å². The molecular formula is C15H22N2S. The van der Waals surface area contributed by atoms with Crippen molar-refractivity contribution in [2.75, 3.05) is 24.2 Å². The van der Waals surface area contributed by atoms with E-state index in [1.165, 1.54) is 0 Å². The number of benzene rings is 1. The Bertz CT molecular complexity index is 429. The van der Waals surface area contributed by atoms with Crippen LogP contribution in [0.1, 0.15) is 26.3 Å². The van der Waals surface area contributed by atoms with Gasteiger partial charge in [-0.15, -0.1) is 0 Å². The van der Waals surface area contributed by atoms with E-state index in [-0.39, 0.29) is 5.41 Å². The van der Waals surface area contributed by atoms with Gasteiger partial charge in [-0.1, -0.05) is 32.9 Å². The zero-order valence-corrected chi connectivity index (χ0v) is 12.5. The third-order valence-corrected chi connectivity index (χ3v) is 3.82. The lowest BCUT2D eigenvalue weighted by Crippen LogP contribution is -2.34. The lowest BCUT2D eigenvalue weighted by Gasteiger charge is -2.34. The minimum absolute atomic E-state index is 0.220. The van der Waals surface area contributed by atoms with Crippen molar-refractivity contribution in [3.63, 3.8) is 0 Å². The van der Waals surface area contributed by atoms with Crippen molar-refractivity contribution >= 4 is 18.3 Å². The van der Waals surface area contributed by atoms with Crippen molar-refractivity contribution in [2.24, 2.45) is 11.3 Å². The Morgan fingerprint density at radius 2 is 1.94 bits per heavy atom. The number of nitrogens with zero attached hydrogens (tertiary/aromatic N) is 2. The van der Waals surface area contributed by atoms with Crippen molar-refractivity contribution in [3.05, 3.63) is 29.8 Å². The molecule has 0 fully saturated rings. The molecule has 3 heteroatoms. The number of thiol groups is 1. The van der Waals surface area contributed by atoms with E-state index >= 15 is 0 Å². The molecule has 0 aliphatic rings. The number of rotatable bonds is 4. The Morgan fingerprint density at radius 3 is 2.44 bits per heavy atom. The topological polar surface area (TPSA) is 27.0 Å². The molecule has 0 aliphatic heterocycles. The molecule has 1 aromatic rings. The van der Waals surface area contributed by atoms with E-state index in [2.05, 4.69) is 44.4 Å². The molecule has 2 nitrogen and oxygen atoms in total. The fraction of sp³-hybridized carbons (Fsp3) is 0.533. The van der Waals surface area contributed by atoms with Gasteiger partial charge in [0.2, 0.25) is 0 Å². The summed E-state index contributed by atoms with van der Waals surface area (Å²) in [4.78, 5) is 2.16. The molecule has 0 aromatic heterocycles. The van der Waals surface area contributed by atoms with Gasteiger partial charge >= 0.3 is 0 Å². The van der Waals surface area contributed by atoms with Gasteiger partial charge in [0.1, 0.15) is 6.07 Å². The first-order valence-corrected chi connectivity index (χ1v) is 6.84. The number of hydrogen-bond acceptors (Lipinski definition) is 3. The van der Waals surface area contributed by atoms with E-state index in [0.717, 1.165) is 23.5 Å². The van der Waals surface area contributed by atoms with E-state index in [1.54, 1.807) is 0 Å². The Balaban J connectivity index is 2.88. The molecular weight excluding hydrogens is 240 g/mol. The van der Waals surface area contributed by atoms with Crippen molar-refractivity contribution in [3.8, 4) is 6.07 Å². The summed E-state index contributed by atoms with van der Waals surface area (Å²) in [6, 6.07) is 9.97. The smallest absolute Gasteiger partial charge is 0.101 e. The molecule has 0 amide bonds. The molecule has 1 atom stereocenters. The largest absolute Gasteiger partial charge is 0.373 e. The molecule has 1 rings (SSSR count). The second kappa shape index (κ2) is 6.15. The first-order valence-electron chi connectivity index (χ1n) is 6.21. The van der Waals surface area contributed by atoms with Crippen molar-refractivity contribution in [1.29, 1.82) is 5.26 Å². The van der Waals surface area contributed by atoms with Crippen LogP contribution in [0.2, 0.25) is 0 Å². The van der Waals surface area contributed by atoms with E-state index in [0.29, 0.717) is 5.92 Å². The normalized spacial score (nSPS) is 12.9. The van der Waals surface area contributed by atoms with Gasteiger partial charge in [0.05, 0.1) is 11.3 Å². The van der Waals surface area contributed by atoms with Crippen LogP contribution in [0.25, 0.3) is 0 Å². The summed E-state index contributed by atoms with van der Waals surface area (Å²) in [7, 11) is 2.04. The summed E-state index contributed by atoms with van der Waals surface area (Å²) in [5, 5.41) is 9.13. The van der Waals surface area contributed by atoms with Gasteiger partial charge in [0, 0.05) is 13.6 Å². The average molecular weight is 262 g/mol. The predicted molar refractivity (Wildman–Crippen MR) is 81.2 cm³/mol. The first kappa shape index (κ1) is 14.9. The van der Waals surface area contributed by atoms with Crippen LogP contribution < -0.4 is 4.90 Å². The third-order valence-electron chi connectivity index (χ3n) is 3.38. The number of para-hydroxylation sites is 1. The van der Waals surface area contributed by atoms with E-state index in [1.807, 2.05) is 31.3 Å². The maximum atomic E-state index is 9.13. The van der Waals surface area contributed by atoms with Gasteiger partial charge in [-0.2, -0.15) is 17.9 Å². The van der Waals surface area contributed by atoms with Gasteiger partial charge < -0.3 is 4.90 Å². The van der Waals surface area contributed by atoms with Crippen LogP contribution in [0, 0.1) is 22.7 Å². The zero-order chi connectivity index (χ0) is 13.8. The highest BCUT2D eigenvalue weighted by molar-refractivity contribution is 7.80. The molecule has 0 bridgehead atoms. The quantitative estimate of drug-likeness (QED) is 0.840. The molecule has 0 saturated carbocycles. The molecule has 0 spiro atoms. The monoisotopic (exact) mass is 262 g/mol. The number of nitriles is 1. The maximum Gasteiger partial charge on any atom is 0.101 e. The maximum absolute atomic E-state index is 9.13. The van der Waals surface area contributed by atoms with Gasteiger partial charge in [0.15, 0.2) is 0 Å². The van der Waals surface area contributed by atoms with Crippen LogP contribution in [0.5, 0.6) is 0 Å². The van der Waals surface area contributed by atoms with Crippen LogP contribution in [0.4, 0.5) is 5.69 Å². The number of hydrogen-bond donors (Lipinski definition) is 1. The van der Waals surface area contributed by atoms with Crippen LogP contribution in [0.3, 0.4) is 0 Å². The van der Waals surface area contributed by atoms with Gasteiger partial charge in [-0.05, 0) is 29.2 Å². The average Bonchev–Trinajstić information content (AvgIpc) is 2.34. The lowest BCUT2D eigenvalue weighted by molar-refractivity contribution is 0.272. The van der Waals surface area contributed by atoms with Crippen molar-refractivity contribution in [1.82, 2.24) is 0 Å². The summed E-state index contributed by atoms with van der Waals surface area (Å²) >= 11 is 4.45. The summed E-state index contributed by atoms with van der Waals surface area (Å²) < 4.78 is 0. The standard InChI is InChI=1S/C15H22N2S/c1-15(2,3)13(11-18)10-17(4)14-8-6-5-7-12(14)9-16/h5-8,13,18H,10-11H2,1-4H3. The second-order valence-electron chi connectivity index (χ2n) is 5.75. The number of anilines is 1. The van der Waals surface area contributed by atoms with Gasteiger partial charge in [0.25, 0.3) is 0 Å². The van der Waals surface area contributed by atoms with Crippen molar-refractivity contribution < 1.29 is 0 Å². The van der Waals surface area contributed by atoms with Crippen molar-refractivity contribution in [2.45, 2.75) is 20.8 Å². The molecule has 0 aliphatic carbocycles. The SMILES string of the molecule is CN(CC(CS)C(C)(C)C)c1ccccc1C#N. The summed E-state index contributed by atoms with van der Waals surface area (Å²) in [5.74, 6) is 1.33. The molecule has 0 N–H and O–H groups in total. The van der Waals surface area contributed by atoms with Crippen LogP contribution in [0.15, 0.2) is 24.3 Å². The molecule has 1 aromatic carbocycles. The van der Waals surface area contributed by atoms with Gasteiger partial charge in [-0.3, -0.25) is 0 Å². The molecule has 18 heavy (non-hydrogen) atoms. The zero-order valence-electron chi connectivity index (χ0n) is 11.6. The minimum atomic E-state index is 0.220. The third kappa shape index (κ3) is 3.68. The Kier molecular flexibility index (Phi) is 5.10. The van der Waals surface area contributed by atoms with Crippen LogP contribution in [-0.4, -0.2) is 19.3 Å². The summed E-state index contributed by atoms with van der Waals surface area (Å²) in [5.41, 5.74) is 1.94. The highest BCUT2D eigenvalue weighted by atomic mass is 32.1. The molecule has 0 heterocycles. The summed E-state index contributed by atoms with van der Waals surface area (Å²) in [6.45, 7) is 7.61. The Morgan fingerprint density at radius 1 is 1.33 bits per heavy atom. The molecule has 0 saturated heterocycles. The Labute approximate surface area is 116 Å².